The molecule has 0 radical (unpaired) electrons. The molecule has 3 heterocycles. The largest absolute Gasteiger partial charge is 0.417 e. The van der Waals surface area contributed by atoms with Crippen molar-refractivity contribution in [3.8, 4) is 5.69 Å². The molecule has 1 saturated heterocycles. The van der Waals surface area contributed by atoms with Crippen molar-refractivity contribution in [2.75, 3.05) is 31.1 Å². The molecule has 4 rings (SSSR count). The fourth-order valence-electron chi connectivity index (χ4n) is 4.13. The van der Waals surface area contributed by atoms with Crippen LogP contribution in [0.25, 0.3) is 5.69 Å². The average Bonchev–Trinajstić information content (AvgIpc) is 3.10. The zero-order valence-corrected chi connectivity index (χ0v) is 18.9. The second-order valence-electron chi connectivity index (χ2n) is 8.52. The van der Waals surface area contributed by atoms with E-state index in [1.54, 1.807) is 27.9 Å². The third-order valence-electron chi connectivity index (χ3n) is 5.84. The number of pyridine rings is 1. The van der Waals surface area contributed by atoms with Crippen molar-refractivity contribution >= 4 is 11.7 Å². The van der Waals surface area contributed by atoms with E-state index in [0.717, 1.165) is 18.0 Å². The third-order valence-corrected chi connectivity index (χ3v) is 5.84. The molecule has 34 heavy (non-hydrogen) atoms. The molecule has 3 aromatic rings. The Hall–Kier alpha value is -3.43. The van der Waals surface area contributed by atoms with Crippen LogP contribution in [0, 0.1) is 5.82 Å². The molecule has 0 spiro atoms. The number of halogens is 4. The molecular weight excluding hydrogens is 450 g/mol. The summed E-state index contributed by atoms with van der Waals surface area (Å²) in [6.45, 7) is 5.87. The van der Waals surface area contributed by atoms with E-state index < -0.39 is 11.7 Å². The van der Waals surface area contributed by atoms with Crippen LogP contribution in [0.15, 0.2) is 48.8 Å². The number of hydrogen-bond acceptors (Lipinski definition) is 4. The second kappa shape index (κ2) is 9.44. The molecule has 1 aromatic carbocycles. The number of anilines is 1. The van der Waals surface area contributed by atoms with Crippen molar-refractivity contribution in [1.29, 1.82) is 0 Å². The Balaban J connectivity index is 1.51. The molecular formula is C24H25F4N5O. The van der Waals surface area contributed by atoms with Crippen LogP contribution in [0.5, 0.6) is 0 Å². The highest BCUT2D eigenvalue weighted by molar-refractivity contribution is 5.95. The fourth-order valence-corrected chi connectivity index (χ4v) is 4.13. The molecule has 0 N–H and O–H groups in total. The number of aromatic nitrogens is 3. The van der Waals surface area contributed by atoms with Gasteiger partial charge < -0.3 is 9.80 Å². The van der Waals surface area contributed by atoms with Gasteiger partial charge in [0, 0.05) is 32.4 Å². The molecule has 0 atom stereocenters. The number of alkyl halides is 3. The predicted molar refractivity (Wildman–Crippen MR) is 120 cm³/mol. The van der Waals surface area contributed by atoms with Crippen LogP contribution in [-0.2, 0) is 6.18 Å². The van der Waals surface area contributed by atoms with Gasteiger partial charge in [0.15, 0.2) is 0 Å². The van der Waals surface area contributed by atoms with Gasteiger partial charge in [-0.25, -0.2) is 14.1 Å². The Morgan fingerprint density at radius 3 is 2.32 bits per heavy atom. The number of benzene rings is 1. The minimum Gasteiger partial charge on any atom is -0.355 e. The Kier molecular flexibility index (Phi) is 6.58. The van der Waals surface area contributed by atoms with Crippen LogP contribution in [0.1, 0.15) is 47.8 Å². The van der Waals surface area contributed by atoms with Crippen LogP contribution >= 0.6 is 0 Å². The lowest BCUT2D eigenvalue weighted by molar-refractivity contribution is -0.137. The topological polar surface area (TPSA) is 54.3 Å². The lowest BCUT2D eigenvalue weighted by atomic mass is 10.0. The van der Waals surface area contributed by atoms with Gasteiger partial charge in [0.25, 0.3) is 5.91 Å². The Bertz CT molecular complexity index is 1140. The summed E-state index contributed by atoms with van der Waals surface area (Å²) < 4.78 is 53.5. The molecule has 0 bridgehead atoms. The average molecular weight is 475 g/mol. The van der Waals surface area contributed by atoms with E-state index >= 15 is 0 Å². The number of rotatable bonds is 4. The molecule has 10 heteroatoms. The van der Waals surface area contributed by atoms with Crippen molar-refractivity contribution in [1.82, 2.24) is 19.7 Å². The smallest absolute Gasteiger partial charge is 0.355 e. The summed E-state index contributed by atoms with van der Waals surface area (Å²) in [6, 6.07) is 8.31. The van der Waals surface area contributed by atoms with E-state index in [-0.39, 0.29) is 17.6 Å². The fraction of sp³-hybridized carbons (Fsp3) is 0.375. The Morgan fingerprint density at radius 1 is 0.971 bits per heavy atom. The maximum Gasteiger partial charge on any atom is 0.417 e. The van der Waals surface area contributed by atoms with E-state index in [9.17, 15) is 22.4 Å². The normalized spacial score (nSPS) is 15.0. The van der Waals surface area contributed by atoms with E-state index in [0.29, 0.717) is 49.7 Å². The zero-order chi connectivity index (χ0) is 24.5. The highest BCUT2D eigenvalue weighted by atomic mass is 19.4. The minimum absolute atomic E-state index is 0.00803. The van der Waals surface area contributed by atoms with Gasteiger partial charge in [0.2, 0.25) is 0 Å². The summed E-state index contributed by atoms with van der Waals surface area (Å²) in [4.78, 5) is 21.0. The molecule has 1 amide bonds. The second-order valence-corrected chi connectivity index (χ2v) is 8.52. The van der Waals surface area contributed by atoms with Gasteiger partial charge in [0.05, 0.1) is 28.7 Å². The first kappa shape index (κ1) is 23.7. The summed E-state index contributed by atoms with van der Waals surface area (Å²) in [5.41, 5.74) is 1.10. The molecule has 180 valence electrons. The number of carbonyl (C=O) groups excluding carboxylic acids is 1. The summed E-state index contributed by atoms with van der Waals surface area (Å²) >= 11 is 0. The van der Waals surface area contributed by atoms with E-state index in [1.807, 2.05) is 18.7 Å². The molecule has 0 unspecified atom stereocenters. The highest BCUT2D eigenvalue weighted by Gasteiger charge is 2.31. The van der Waals surface area contributed by atoms with E-state index in [4.69, 9.17) is 0 Å². The Morgan fingerprint density at radius 2 is 1.71 bits per heavy atom. The molecule has 6 nitrogen and oxygen atoms in total. The van der Waals surface area contributed by atoms with Gasteiger partial charge in [0.1, 0.15) is 11.6 Å². The standard InChI is InChI=1S/C24H25F4N5O/c1-16(2)22-20(15-30-33(22)19-7-5-18(25)6-8-19)23(34)32-11-3-10-31(12-13-32)21-9-4-17(14-29-21)24(26,27)28/h4-9,14-16H,3,10-13H2,1-2H3. The number of hydrogen-bond donors (Lipinski definition) is 0. The maximum absolute atomic E-state index is 13.4. The first-order chi connectivity index (χ1) is 16.1. The summed E-state index contributed by atoms with van der Waals surface area (Å²) in [7, 11) is 0. The van der Waals surface area contributed by atoms with Crippen molar-refractivity contribution in [2.45, 2.75) is 32.4 Å². The lowest BCUT2D eigenvalue weighted by Crippen LogP contribution is -2.35. The van der Waals surface area contributed by atoms with E-state index in [1.165, 1.54) is 18.2 Å². The van der Waals surface area contributed by atoms with E-state index in [2.05, 4.69) is 10.1 Å². The highest BCUT2D eigenvalue weighted by Crippen LogP contribution is 2.30. The molecule has 1 aliphatic rings. The first-order valence-corrected chi connectivity index (χ1v) is 11.1. The first-order valence-electron chi connectivity index (χ1n) is 11.1. The van der Waals surface area contributed by atoms with Crippen molar-refractivity contribution in [2.24, 2.45) is 0 Å². The Labute approximate surface area is 194 Å². The van der Waals surface area contributed by atoms with Gasteiger partial charge in [-0.3, -0.25) is 4.79 Å². The number of carbonyl (C=O) groups is 1. The SMILES string of the molecule is CC(C)c1c(C(=O)N2CCCN(c3ccc(C(F)(F)F)cn3)CC2)cnn1-c1ccc(F)cc1. The molecule has 1 aliphatic heterocycles. The van der Waals surface area contributed by atoms with Gasteiger partial charge >= 0.3 is 6.18 Å². The van der Waals surface area contributed by atoms with Crippen molar-refractivity contribution in [3.63, 3.8) is 0 Å². The molecule has 0 aliphatic carbocycles. The third kappa shape index (κ3) is 4.90. The maximum atomic E-state index is 13.4. The quantitative estimate of drug-likeness (QED) is 0.504. The molecule has 2 aromatic heterocycles. The number of nitrogens with zero attached hydrogens (tertiary/aromatic N) is 5. The van der Waals surface area contributed by atoms with Crippen molar-refractivity contribution in [3.05, 3.63) is 71.4 Å². The van der Waals surface area contributed by atoms with Crippen LogP contribution in [0.2, 0.25) is 0 Å². The van der Waals surface area contributed by atoms with Gasteiger partial charge in [-0.2, -0.15) is 18.3 Å². The van der Waals surface area contributed by atoms with Crippen LogP contribution in [0.3, 0.4) is 0 Å². The lowest BCUT2D eigenvalue weighted by Gasteiger charge is -2.23. The zero-order valence-electron chi connectivity index (χ0n) is 18.9. The van der Waals surface area contributed by atoms with Crippen LogP contribution in [0.4, 0.5) is 23.4 Å². The predicted octanol–water partition coefficient (Wildman–Crippen LogP) is 4.90. The van der Waals surface area contributed by atoms with Crippen molar-refractivity contribution < 1.29 is 22.4 Å². The van der Waals surface area contributed by atoms with Crippen LogP contribution in [-0.4, -0.2) is 51.8 Å². The summed E-state index contributed by atoms with van der Waals surface area (Å²) in [5.74, 6) is -0.0603. The summed E-state index contributed by atoms with van der Waals surface area (Å²) in [5, 5.41) is 4.40. The monoisotopic (exact) mass is 475 g/mol. The van der Waals surface area contributed by atoms with Gasteiger partial charge in [-0.1, -0.05) is 13.8 Å². The number of amides is 1. The van der Waals surface area contributed by atoms with Gasteiger partial charge in [-0.05, 0) is 48.7 Å². The summed E-state index contributed by atoms with van der Waals surface area (Å²) in [6.07, 6.45) is -1.40. The van der Waals surface area contributed by atoms with Gasteiger partial charge in [-0.15, -0.1) is 0 Å². The van der Waals surface area contributed by atoms with Crippen LogP contribution < -0.4 is 4.90 Å². The molecule has 1 fully saturated rings. The minimum atomic E-state index is -4.43. The molecule has 0 saturated carbocycles.